The maximum atomic E-state index is 13.3. The van der Waals surface area contributed by atoms with Crippen molar-refractivity contribution in [2.45, 2.75) is 88.6 Å². The molecule has 4 rings (SSSR count). The Morgan fingerprint density at radius 3 is 2.67 bits per heavy atom. The normalized spacial score (nSPS) is 28.6. The van der Waals surface area contributed by atoms with E-state index in [1.54, 1.807) is 25.4 Å². The minimum Gasteiger partial charge on any atom is -0.369 e. The third kappa shape index (κ3) is 5.76. The third-order valence-electron chi connectivity index (χ3n) is 7.80. The molecule has 0 radical (unpaired) electrons. The molecule has 2 saturated carbocycles. The number of amides is 2. The second-order valence-electron chi connectivity index (χ2n) is 10.2. The standard InChI is InChI=1S/C25H36BrN5O2/c1-31-23(33)25(30-24(31)27,12-10-17-6-3-2-4-7-17)16-18-8-5-9-20(14-18)29-22(32)19-11-13-28-21(26)15-19/h11,13,15,17-18,20H,2-10,12,14,16H2,1H3,(H2,27,30)(H,29,32)/t18-,20+,25+/m0/s1. The van der Waals surface area contributed by atoms with E-state index in [9.17, 15) is 9.59 Å². The number of guanidine groups is 1. The van der Waals surface area contributed by atoms with Crippen LogP contribution in [0.3, 0.4) is 0 Å². The van der Waals surface area contributed by atoms with Gasteiger partial charge in [0.2, 0.25) is 0 Å². The number of aliphatic imine (C=N–C) groups is 1. The Balaban J connectivity index is 1.41. The molecule has 3 aliphatic rings. The second-order valence-corrected chi connectivity index (χ2v) is 11.0. The minimum absolute atomic E-state index is 0.0450. The highest BCUT2D eigenvalue weighted by Crippen LogP contribution is 2.40. The van der Waals surface area contributed by atoms with E-state index >= 15 is 0 Å². The molecule has 3 atom stereocenters. The van der Waals surface area contributed by atoms with Gasteiger partial charge in [-0.3, -0.25) is 14.5 Å². The largest absolute Gasteiger partial charge is 0.369 e. The molecule has 2 fully saturated rings. The van der Waals surface area contributed by atoms with Gasteiger partial charge in [-0.1, -0.05) is 44.9 Å². The van der Waals surface area contributed by atoms with Gasteiger partial charge in [0.1, 0.15) is 10.1 Å². The Bertz CT molecular complexity index is 901. The Morgan fingerprint density at radius 2 is 1.97 bits per heavy atom. The molecule has 0 bridgehead atoms. The van der Waals surface area contributed by atoms with Gasteiger partial charge >= 0.3 is 0 Å². The lowest BCUT2D eigenvalue weighted by molar-refractivity contribution is -0.131. The topological polar surface area (TPSA) is 101 Å². The van der Waals surface area contributed by atoms with Crippen LogP contribution in [0.25, 0.3) is 0 Å². The Hall–Kier alpha value is -1.96. The summed E-state index contributed by atoms with van der Waals surface area (Å²) in [5.41, 5.74) is 5.99. The van der Waals surface area contributed by atoms with Crippen molar-refractivity contribution in [2.75, 3.05) is 7.05 Å². The van der Waals surface area contributed by atoms with Crippen molar-refractivity contribution in [3.63, 3.8) is 0 Å². The van der Waals surface area contributed by atoms with Crippen LogP contribution in [-0.4, -0.2) is 46.3 Å². The Morgan fingerprint density at radius 1 is 1.21 bits per heavy atom. The number of nitrogens with two attached hydrogens (primary N) is 1. The molecule has 7 nitrogen and oxygen atoms in total. The number of carbonyl (C=O) groups is 2. The van der Waals surface area contributed by atoms with E-state index in [1.807, 2.05) is 0 Å². The highest BCUT2D eigenvalue weighted by molar-refractivity contribution is 9.10. The van der Waals surface area contributed by atoms with E-state index < -0.39 is 5.54 Å². The first-order chi connectivity index (χ1) is 15.9. The zero-order chi connectivity index (χ0) is 23.4. The van der Waals surface area contributed by atoms with E-state index in [0.29, 0.717) is 28.0 Å². The van der Waals surface area contributed by atoms with Crippen LogP contribution in [-0.2, 0) is 4.79 Å². The summed E-state index contributed by atoms with van der Waals surface area (Å²) in [5.74, 6) is 1.35. The van der Waals surface area contributed by atoms with Crippen LogP contribution in [0.4, 0.5) is 0 Å². The van der Waals surface area contributed by atoms with Crippen LogP contribution in [0.1, 0.15) is 87.4 Å². The number of nitrogens with zero attached hydrogens (tertiary/aromatic N) is 3. The fraction of sp³-hybridized carbons (Fsp3) is 0.680. The zero-order valence-electron chi connectivity index (χ0n) is 19.6. The molecule has 2 heterocycles. The predicted molar refractivity (Wildman–Crippen MR) is 133 cm³/mol. The van der Waals surface area contributed by atoms with Crippen molar-refractivity contribution < 1.29 is 9.59 Å². The van der Waals surface area contributed by atoms with Crippen LogP contribution >= 0.6 is 15.9 Å². The summed E-state index contributed by atoms with van der Waals surface area (Å²) < 4.78 is 0.649. The highest BCUT2D eigenvalue weighted by Gasteiger charge is 2.48. The van der Waals surface area contributed by atoms with Gasteiger partial charge in [0, 0.05) is 24.8 Å². The van der Waals surface area contributed by atoms with E-state index in [0.717, 1.165) is 44.9 Å². The number of hydrogen-bond acceptors (Lipinski definition) is 5. The van der Waals surface area contributed by atoms with Crippen molar-refractivity contribution in [2.24, 2.45) is 22.6 Å². The van der Waals surface area contributed by atoms with E-state index in [-0.39, 0.29) is 17.9 Å². The number of carbonyl (C=O) groups excluding carboxylic acids is 2. The number of halogens is 1. The summed E-state index contributed by atoms with van der Waals surface area (Å²) >= 11 is 3.33. The van der Waals surface area contributed by atoms with Crippen molar-refractivity contribution in [1.29, 1.82) is 0 Å². The molecule has 1 aromatic rings. The Labute approximate surface area is 205 Å². The van der Waals surface area contributed by atoms with Crippen molar-refractivity contribution in [3.05, 3.63) is 28.5 Å². The quantitative estimate of drug-likeness (QED) is 0.523. The molecular formula is C25H36BrN5O2. The molecule has 0 unspecified atom stereocenters. The molecule has 0 spiro atoms. The summed E-state index contributed by atoms with van der Waals surface area (Å²) in [6, 6.07) is 3.57. The van der Waals surface area contributed by atoms with Gasteiger partial charge in [-0.15, -0.1) is 0 Å². The van der Waals surface area contributed by atoms with Crippen LogP contribution in [0.2, 0.25) is 0 Å². The summed E-state index contributed by atoms with van der Waals surface area (Å²) in [4.78, 5) is 36.4. The number of aromatic nitrogens is 1. The van der Waals surface area contributed by atoms with Gasteiger partial charge in [0.25, 0.3) is 11.8 Å². The van der Waals surface area contributed by atoms with E-state index in [1.165, 1.54) is 37.0 Å². The molecule has 0 saturated heterocycles. The zero-order valence-corrected chi connectivity index (χ0v) is 21.1. The SMILES string of the molecule is CN1C(=O)[C@@](CCC2CCCCC2)(C[C@H]2CCC[C@@H](NC(=O)c3ccnc(Br)c3)C2)N=C1N. The smallest absolute Gasteiger partial charge is 0.257 e. The maximum absolute atomic E-state index is 13.3. The molecule has 2 amide bonds. The number of nitrogens with one attached hydrogen (secondary N) is 1. The lowest BCUT2D eigenvalue weighted by Gasteiger charge is -2.35. The second kappa shape index (κ2) is 10.5. The van der Waals surface area contributed by atoms with Gasteiger partial charge in [-0.25, -0.2) is 9.98 Å². The van der Waals surface area contributed by atoms with Gasteiger partial charge in [-0.2, -0.15) is 0 Å². The van der Waals surface area contributed by atoms with Crippen LogP contribution < -0.4 is 11.1 Å². The average Bonchev–Trinajstić information content (AvgIpc) is 3.02. The minimum atomic E-state index is -0.733. The molecule has 1 aromatic heterocycles. The summed E-state index contributed by atoms with van der Waals surface area (Å²) in [7, 11) is 1.74. The first kappa shape index (κ1) is 24.2. The molecule has 2 aliphatic carbocycles. The average molecular weight is 518 g/mol. The third-order valence-corrected chi connectivity index (χ3v) is 8.23. The first-order valence-electron chi connectivity index (χ1n) is 12.4. The van der Waals surface area contributed by atoms with Gasteiger partial charge < -0.3 is 11.1 Å². The summed E-state index contributed by atoms with van der Waals surface area (Å²) in [5, 5.41) is 3.20. The van der Waals surface area contributed by atoms with Crippen LogP contribution in [0.15, 0.2) is 27.9 Å². The van der Waals surface area contributed by atoms with Gasteiger partial charge in [0.05, 0.1) is 0 Å². The number of hydrogen-bond donors (Lipinski definition) is 2. The van der Waals surface area contributed by atoms with Crippen LogP contribution in [0, 0.1) is 11.8 Å². The predicted octanol–water partition coefficient (Wildman–Crippen LogP) is 4.41. The van der Waals surface area contributed by atoms with Crippen LogP contribution in [0.5, 0.6) is 0 Å². The highest BCUT2D eigenvalue weighted by atomic mass is 79.9. The summed E-state index contributed by atoms with van der Waals surface area (Å²) in [6.07, 6.45) is 14.6. The number of pyridine rings is 1. The number of likely N-dealkylation sites (N-methyl/N-ethyl adjacent to an activating group) is 1. The van der Waals surface area contributed by atoms with Crippen molar-refractivity contribution in [1.82, 2.24) is 15.2 Å². The van der Waals surface area contributed by atoms with Crippen molar-refractivity contribution >= 4 is 33.7 Å². The fourth-order valence-electron chi connectivity index (χ4n) is 5.97. The molecule has 3 N–H and O–H groups in total. The van der Waals surface area contributed by atoms with Gasteiger partial charge in [-0.05, 0) is 72.0 Å². The fourth-order valence-corrected chi connectivity index (χ4v) is 6.34. The van der Waals surface area contributed by atoms with E-state index in [4.69, 9.17) is 10.7 Å². The monoisotopic (exact) mass is 517 g/mol. The molecule has 8 heteroatoms. The molecule has 33 heavy (non-hydrogen) atoms. The lowest BCUT2D eigenvalue weighted by atomic mass is 9.74. The Kier molecular flexibility index (Phi) is 7.72. The molecule has 180 valence electrons. The molecular weight excluding hydrogens is 482 g/mol. The summed E-state index contributed by atoms with van der Waals surface area (Å²) in [6.45, 7) is 0. The number of rotatable bonds is 7. The van der Waals surface area contributed by atoms with Gasteiger partial charge in [0.15, 0.2) is 5.96 Å². The molecule has 0 aromatic carbocycles. The lowest BCUT2D eigenvalue weighted by Crippen LogP contribution is -2.45. The molecule has 1 aliphatic heterocycles. The van der Waals surface area contributed by atoms with E-state index in [2.05, 4.69) is 26.2 Å². The first-order valence-corrected chi connectivity index (χ1v) is 13.2. The maximum Gasteiger partial charge on any atom is 0.257 e. The van der Waals surface area contributed by atoms with Crippen molar-refractivity contribution in [3.8, 4) is 0 Å².